The molecule has 16 heavy (non-hydrogen) atoms. The number of hydrogen-bond donors (Lipinski definition) is 2. The van der Waals surface area contributed by atoms with E-state index in [9.17, 15) is 4.79 Å². The summed E-state index contributed by atoms with van der Waals surface area (Å²) in [6, 6.07) is 1.31. The van der Waals surface area contributed by atoms with E-state index in [1.54, 1.807) is 6.92 Å². The van der Waals surface area contributed by atoms with E-state index in [4.69, 9.17) is 18.0 Å². The smallest absolute Gasteiger partial charge is 0.253 e. The molecule has 82 valence electrons. The molecule has 0 unspecified atom stereocenters. The van der Waals surface area contributed by atoms with Crippen molar-refractivity contribution < 1.29 is 0 Å². The number of hydrogen-bond acceptors (Lipinski definition) is 5. The summed E-state index contributed by atoms with van der Waals surface area (Å²) in [6.45, 7) is 1.68. The van der Waals surface area contributed by atoms with Gasteiger partial charge in [-0.3, -0.25) is 4.79 Å². The number of nitrogens with one attached hydrogen (secondary N) is 1. The number of nitrogens with two attached hydrogens (primary N) is 1. The van der Waals surface area contributed by atoms with Gasteiger partial charge in [0.05, 0.1) is 0 Å². The molecule has 0 saturated carbocycles. The molecule has 2 rings (SSSR count). The summed E-state index contributed by atoms with van der Waals surface area (Å²) in [5.74, 6) is 1.11. The van der Waals surface area contributed by atoms with Gasteiger partial charge in [-0.05, 0) is 6.92 Å². The van der Waals surface area contributed by atoms with Crippen LogP contribution in [0.25, 0.3) is 5.82 Å². The van der Waals surface area contributed by atoms with Crippen molar-refractivity contribution >= 4 is 17.2 Å². The average Bonchev–Trinajstić information content (AvgIpc) is 2.64. The summed E-state index contributed by atoms with van der Waals surface area (Å²) in [4.78, 5) is 21.8. The van der Waals surface area contributed by atoms with Gasteiger partial charge in [0, 0.05) is 6.07 Å². The van der Waals surface area contributed by atoms with Crippen LogP contribution in [0.3, 0.4) is 0 Å². The average molecular weight is 236 g/mol. The summed E-state index contributed by atoms with van der Waals surface area (Å²) in [5, 5.41) is 3.99. The third kappa shape index (κ3) is 1.96. The van der Waals surface area contributed by atoms with Gasteiger partial charge in [-0.1, -0.05) is 12.2 Å². The topological polar surface area (TPSA) is 102 Å². The van der Waals surface area contributed by atoms with E-state index in [1.165, 1.54) is 17.1 Å². The number of thiocarbonyl (C=S) groups is 1. The van der Waals surface area contributed by atoms with Crippen LogP contribution in [0.4, 0.5) is 0 Å². The maximum Gasteiger partial charge on any atom is 0.253 e. The van der Waals surface area contributed by atoms with Crippen LogP contribution in [0.5, 0.6) is 0 Å². The molecule has 2 heterocycles. The molecule has 0 radical (unpaired) electrons. The highest BCUT2D eigenvalue weighted by Crippen LogP contribution is 1.99. The van der Waals surface area contributed by atoms with Crippen molar-refractivity contribution in [1.29, 1.82) is 0 Å². The second-order valence-electron chi connectivity index (χ2n) is 3.07. The van der Waals surface area contributed by atoms with E-state index >= 15 is 0 Å². The fourth-order valence-corrected chi connectivity index (χ4v) is 1.26. The van der Waals surface area contributed by atoms with Crippen molar-refractivity contribution in [3.63, 3.8) is 0 Å². The highest BCUT2D eigenvalue weighted by atomic mass is 32.1. The highest BCUT2D eigenvalue weighted by Gasteiger charge is 2.06. The number of nitrogens with zero attached hydrogens (tertiary/aromatic N) is 4. The maximum atomic E-state index is 11.2. The Morgan fingerprint density at radius 1 is 1.62 bits per heavy atom. The summed E-state index contributed by atoms with van der Waals surface area (Å²) < 4.78 is 1.34. The summed E-state index contributed by atoms with van der Waals surface area (Å²) in [6.07, 6.45) is 1.40. The second kappa shape index (κ2) is 3.81. The van der Waals surface area contributed by atoms with Crippen LogP contribution in [0.15, 0.2) is 17.2 Å². The Morgan fingerprint density at radius 3 is 2.94 bits per heavy atom. The molecule has 0 amide bonds. The lowest BCUT2D eigenvalue weighted by atomic mass is 10.5. The van der Waals surface area contributed by atoms with Gasteiger partial charge in [0.1, 0.15) is 17.1 Å². The fourth-order valence-electron chi connectivity index (χ4n) is 1.17. The fraction of sp³-hybridized carbons (Fsp3) is 0.125. The van der Waals surface area contributed by atoms with E-state index in [2.05, 4.69) is 20.1 Å². The molecule has 8 heteroatoms. The van der Waals surface area contributed by atoms with Gasteiger partial charge in [0.25, 0.3) is 5.56 Å². The first-order valence-corrected chi connectivity index (χ1v) is 4.77. The number of aromatic nitrogens is 5. The summed E-state index contributed by atoms with van der Waals surface area (Å²) in [7, 11) is 0. The lowest BCUT2D eigenvalue weighted by Gasteiger charge is -1.99. The van der Waals surface area contributed by atoms with E-state index < -0.39 is 0 Å². The zero-order valence-electron chi connectivity index (χ0n) is 8.34. The van der Waals surface area contributed by atoms with Crippen molar-refractivity contribution in [3.8, 4) is 5.82 Å². The SMILES string of the molecule is Cc1nc(-n2cnc(C(N)=S)n2)cc(=O)[nH]1. The van der Waals surface area contributed by atoms with Gasteiger partial charge < -0.3 is 10.7 Å². The molecule has 7 nitrogen and oxygen atoms in total. The molecule has 0 aliphatic carbocycles. The van der Waals surface area contributed by atoms with Crippen molar-refractivity contribution in [1.82, 2.24) is 24.7 Å². The zero-order chi connectivity index (χ0) is 11.7. The van der Waals surface area contributed by atoms with Crippen LogP contribution >= 0.6 is 12.2 Å². The monoisotopic (exact) mass is 236 g/mol. The third-order valence-corrected chi connectivity index (χ3v) is 1.98. The Morgan fingerprint density at radius 2 is 2.38 bits per heavy atom. The number of aryl methyl sites for hydroxylation is 1. The van der Waals surface area contributed by atoms with Crippen molar-refractivity contribution in [2.75, 3.05) is 0 Å². The predicted molar refractivity (Wildman–Crippen MR) is 60.4 cm³/mol. The first-order chi connectivity index (χ1) is 7.56. The molecule has 2 aromatic rings. The predicted octanol–water partition coefficient (Wildman–Crippen LogP) is -0.707. The van der Waals surface area contributed by atoms with Gasteiger partial charge in [-0.15, -0.1) is 5.10 Å². The number of H-pyrrole nitrogens is 1. The molecule has 3 N–H and O–H groups in total. The third-order valence-electron chi connectivity index (χ3n) is 1.79. The summed E-state index contributed by atoms with van der Waals surface area (Å²) >= 11 is 4.73. The molecule has 0 bridgehead atoms. The molecule has 0 atom stereocenters. The van der Waals surface area contributed by atoms with Crippen LogP contribution in [-0.2, 0) is 0 Å². The Kier molecular flexibility index (Phi) is 2.49. The van der Waals surface area contributed by atoms with E-state index in [0.29, 0.717) is 11.6 Å². The van der Waals surface area contributed by atoms with Crippen LogP contribution in [0, 0.1) is 6.92 Å². The number of aromatic amines is 1. The molecule has 0 aromatic carbocycles. The van der Waals surface area contributed by atoms with Gasteiger partial charge in [-0.2, -0.15) is 0 Å². The van der Waals surface area contributed by atoms with Crippen LogP contribution in [-0.4, -0.2) is 29.7 Å². The zero-order valence-corrected chi connectivity index (χ0v) is 9.15. The molecular weight excluding hydrogens is 228 g/mol. The Hall–Kier alpha value is -2.09. The van der Waals surface area contributed by atoms with Crippen LogP contribution in [0.1, 0.15) is 11.6 Å². The Labute approximate surface area is 95.3 Å². The van der Waals surface area contributed by atoms with E-state index in [-0.39, 0.29) is 16.4 Å². The van der Waals surface area contributed by atoms with Gasteiger partial charge in [-0.25, -0.2) is 14.6 Å². The van der Waals surface area contributed by atoms with E-state index in [0.717, 1.165) is 0 Å². The van der Waals surface area contributed by atoms with Crippen molar-refractivity contribution in [2.45, 2.75) is 6.92 Å². The van der Waals surface area contributed by atoms with Crippen LogP contribution in [0.2, 0.25) is 0 Å². The summed E-state index contributed by atoms with van der Waals surface area (Å²) in [5.41, 5.74) is 5.12. The Bertz CT molecular complexity index is 601. The molecule has 0 fully saturated rings. The first kappa shape index (κ1) is 10.4. The maximum absolute atomic E-state index is 11.2. The van der Waals surface area contributed by atoms with Gasteiger partial charge in [0.2, 0.25) is 5.82 Å². The van der Waals surface area contributed by atoms with Gasteiger partial charge in [0.15, 0.2) is 5.82 Å². The molecule has 0 aliphatic heterocycles. The quantitative estimate of drug-likeness (QED) is 0.668. The molecule has 2 aromatic heterocycles. The lowest BCUT2D eigenvalue weighted by molar-refractivity contribution is 0.819. The first-order valence-electron chi connectivity index (χ1n) is 4.36. The minimum atomic E-state index is -0.255. The molecule has 0 spiro atoms. The standard InChI is InChI=1S/C8H8N6OS/c1-4-11-5(2-6(15)12-4)14-3-10-8(13-14)7(9)16/h2-3H,1H3,(H2,9,16)(H,11,12,15). The highest BCUT2D eigenvalue weighted by molar-refractivity contribution is 7.80. The molecular formula is C8H8N6OS. The second-order valence-corrected chi connectivity index (χ2v) is 3.51. The van der Waals surface area contributed by atoms with E-state index in [1.807, 2.05) is 0 Å². The van der Waals surface area contributed by atoms with Crippen LogP contribution < -0.4 is 11.3 Å². The number of rotatable bonds is 2. The normalized spacial score (nSPS) is 10.3. The molecule has 0 saturated heterocycles. The minimum Gasteiger partial charge on any atom is -0.387 e. The lowest BCUT2D eigenvalue weighted by Crippen LogP contribution is -2.14. The van der Waals surface area contributed by atoms with Crippen molar-refractivity contribution in [3.05, 3.63) is 34.4 Å². The Balaban J connectivity index is 2.50. The van der Waals surface area contributed by atoms with Gasteiger partial charge >= 0.3 is 0 Å². The molecule has 0 aliphatic rings. The largest absolute Gasteiger partial charge is 0.387 e. The van der Waals surface area contributed by atoms with Crippen molar-refractivity contribution in [2.24, 2.45) is 5.73 Å². The minimum absolute atomic E-state index is 0.0975.